The van der Waals surface area contributed by atoms with Crippen molar-refractivity contribution >= 4 is 15.9 Å². The Labute approximate surface area is 176 Å². The van der Waals surface area contributed by atoms with Crippen LogP contribution in [-0.2, 0) is 14.8 Å². The van der Waals surface area contributed by atoms with Crippen molar-refractivity contribution < 1.29 is 27.4 Å². The standard InChI is InChI=1S/C21H26N2O6S/c1-16(15-29-19-8-6-18(27-2)7-9-19)22-21(24)17-4-3-5-20(14-17)30(25,26)23-10-12-28-13-11-23/h3-9,14,16H,10-13,15H2,1-2H3,(H,22,24). The smallest absolute Gasteiger partial charge is 0.251 e. The average Bonchev–Trinajstić information content (AvgIpc) is 2.78. The first-order valence-corrected chi connectivity index (χ1v) is 11.1. The summed E-state index contributed by atoms with van der Waals surface area (Å²) in [7, 11) is -2.07. The second kappa shape index (κ2) is 9.92. The predicted octanol–water partition coefficient (Wildman–Crippen LogP) is 1.91. The molecule has 0 spiro atoms. The minimum absolute atomic E-state index is 0.0965. The Bertz CT molecular complexity index is 956. The summed E-state index contributed by atoms with van der Waals surface area (Å²) in [6.45, 7) is 3.42. The van der Waals surface area contributed by atoms with Crippen LogP contribution in [0.15, 0.2) is 53.4 Å². The van der Waals surface area contributed by atoms with Crippen molar-refractivity contribution in [1.29, 1.82) is 0 Å². The van der Waals surface area contributed by atoms with Crippen LogP contribution >= 0.6 is 0 Å². The van der Waals surface area contributed by atoms with Crippen molar-refractivity contribution in [3.63, 3.8) is 0 Å². The molecule has 0 aromatic heterocycles. The van der Waals surface area contributed by atoms with Crippen molar-refractivity contribution in [2.24, 2.45) is 0 Å². The van der Waals surface area contributed by atoms with E-state index in [2.05, 4.69) is 5.32 Å². The zero-order valence-electron chi connectivity index (χ0n) is 17.0. The zero-order valence-corrected chi connectivity index (χ0v) is 17.9. The molecule has 1 heterocycles. The van der Waals surface area contributed by atoms with Gasteiger partial charge in [-0.1, -0.05) is 6.07 Å². The molecule has 30 heavy (non-hydrogen) atoms. The fraction of sp³-hybridized carbons (Fsp3) is 0.381. The molecule has 1 aliphatic heterocycles. The second-order valence-corrected chi connectivity index (χ2v) is 8.84. The van der Waals surface area contributed by atoms with Crippen LogP contribution in [0.3, 0.4) is 0 Å². The number of hydrogen-bond donors (Lipinski definition) is 1. The van der Waals surface area contributed by atoms with Crippen molar-refractivity contribution in [3.8, 4) is 11.5 Å². The summed E-state index contributed by atoms with van der Waals surface area (Å²) < 4.78 is 43.0. The van der Waals surface area contributed by atoms with Gasteiger partial charge >= 0.3 is 0 Å². The molecule has 162 valence electrons. The Morgan fingerprint density at radius 2 is 1.80 bits per heavy atom. The van der Waals surface area contributed by atoms with Crippen LogP contribution in [0.4, 0.5) is 0 Å². The van der Waals surface area contributed by atoms with Gasteiger partial charge in [0.15, 0.2) is 0 Å². The van der Waals surface area contributed by atoms with E-state index in [-0.39, 0.29) is 29.0 Å². The van der Waals surface area contributed by atoms with Gasteiger partial charge in [0.25, 0.3) is 5.91 Å². The summed E-state index contributed by atoms with van der Waals surface area (Å²) in [6.07, 6.45) is 0. The third-order valence-electron chi connectivity index (χ3n) is 4.64. The van der Waals surface area contributed by atoms with E-state index in [0.717, 1.165) is 5.75 Å². The van der Waals surface area contributed by atoms with Gasteiger partial charge in [-0.2, -0.15) is 4.31 Å². The zero-order chi connectivity index (χ0) is 21.6. The van der Waals surface area contributed by atoms with Gasteiger partial charge in [0.05, 0.1) is 31.3 Å². The molecule has 1 aliphatic rings. The summed E-state index contributed by atoms with van der Waals surface area (Å²) in [5, 5.41) is 2.83. The molecule has 9 heteroatoms. The Morgan fingerprint density at radius 1 is 1.13 bits per heavy atom. The van der Waals surface area contributed by atoms with Gasteiger partial charge in [-0.3, -0.25) is 4.79 Å². The first kappa shape index (κ1) is 22.1. The van der Waals surface area contributed by atoms with Gasteiger partial charge in [0.2, 0.25) is 10.0 Å². The molecule has 0 bridgehead atoms. The van der Waals surface area contributed by atoms with Crippen LogP contribution in [0.1, 0.15) is 17.3 Å². The molecular weight excluding hydrogens is 408 g/mol. The molecule has 2 aromatic carbocycles. The van der Waals surface area contributed by atoms with E-state index in [9.17, 15) is 13.2 Å². The highest BCUT2D eigenvalue weighted by Gasteiger charge is 2.27. The lowest BCUT2D eigenvalue weighted by Gasteiger charge is -2.26. The number of carbonyl (C=O) groups excluding carboxylic acids is 1. The molecule has 1 atom stereocenters. The largest absolute Gasteiger partial charge is 0.497 e. The minimum atomic E-state index is -3.66. The first-order valence-electron chi connectivity index (χ1n) is 9.66. The normalized spacial score (nSPS) is 15.9. The molecular formula is C21H26N2O6S. The number of sulfonamides is 1. The number of amides is 1. The number of carbonyl (C=O) groups is 1. The van der Waals surface area contributed by atoms with Gasteiger partial charge in [-0.25, -0.2) is 8.42 Å². The summed E-state index contributed by atoms with van der Waals surface area (Å²) in [4.78, 5) is 12.7. The van der Waals surface area contributed by atoms with Gasteiger partial charge in [0.1, 0.15) is 18.1 Å². The maximum Gasteiger partial charge on any atom is 0.251 e. The summed E-state index contributed by atoms with van der Waals surface area (Å²) in [5.74, 6) is 1.03. The summed E-state index contributed by atoms with van der Waals surface area (Å²) >= 11 is 0. The van der Waals surface area contributed by atoms with E-state index in [4.69, 9.17) is 14.2 Å². The number of morpholine rings is 1. The lowest BCUT2D eigenvalue weighted by molar-refractivity contribution is 0.0730. The van der Waals surface area contributed by atoms with Crippen LogP contribution in [0, 0.1) is 0 Å². The van der Waals surface area contributed by atoms with Crippen molar-refractivity contribution in [1.82, 2.24) is 9.62 Å². The Hall–Kier alpha value is -2.62. The Balaban J connectivity index is 1.60. The number of benzene rings is 2. The van der Waals surface area contributed by atoms with Crippen LogP contribution in [0.5, 0.6) is 11.5 Å². The quantitative estimate of drug-likeness (QED) is 0.682. The van der Waals surface area contributed by atoms with Crippen LogP contribution in [0.25, 0.3) is 0 Å². The van der Waals surface area contributed by atoms with Crippen LogP contribution in [-0.4, -0.2) is 64.7 Å². The van der Waals surface area contributed by atoms with Crippen molar-refractivity contribution in [2.75, 3.05) is 40.0 Å². The highest BCUT2D eigenvalue weighted by molar-refractivity contribution is 7.89. The summed E-state index contributed by atoms with van der Waals surface area (Å²) in [5.41, 5.74) is 0.278. The highest BCUT2D eigenvalue weighted by atomic mass is 32.2. The van der Waals surface area contributed by atoms with E-state index in [1.54, 1.807) is 43.5 Å². The molecule has 0 aliphatic carbocycles. The second-order valence-electron chi connectivity index (χ2n) is 6.91. The number of nitrogens with zero attached hydrogens (tertiary/aromatic N) is 1. The van der Waals surface area contributed by atoms with E-state index in [1.807, 2.05) is 6.92 Å². The molecule has 1 fully saturated rings. The fourth-order valence-electron chi connectivity index (χ4n) is 2.98. The number of rotatable bonds is 8. The molecule has 1 unspecified atom stereocenters. The van der Waals surface area contributed by atoms with E-state index in [0.29, 0.717) is 32.1 Å². The summed E-state index contributed by atoms with van der Waals surface area (Å²) in [6, 6.07) is 12.9. The maximum absolute atomic E-state index is 12.8. The Morgan fingerprint density at radius 3 is 2.47 bits per heavy atom. The number of hydrogen-bond acceptors (Lipinski definition) is 6. The average molecular weight is 435 g/mol. The monoisotopic (exact) mass is 434 g/mol. The lowest BCUT2D eigenvalue weighted by Crippen LogP contribution is -2.40. The molecule has 1 saturated heterocycles. The topological polar surface area (TPSA) is 94.2 Å². The van der Waals surface area contributed by atoms with Crippen molar-refractivity contribution in [2.45, 2.75) is 17.9 Å². The van der Waals surface area contributed by atoms with Gasteiger partial charge in [0, 0.05) is 18.7 Å². The van der Waals surface area contributed by atoms with Gasteiger partial charge < -0.3 is 19.5 Å². The third-order valence-corrected chi connectivity index (χ3v) is 6.54. The Kier molecular flexibility index (Phi) is 7.30. The van der Waals surface area contributed by atoms with Crippen LogP contribution in [0.2, 0.25) is 0 Å². The molecule has 1 N–H and O–H groups in total. The lowest BCUT2D eigenvalue weighted by atomic mass is 10.2. The predicted molar refractivity (Wildman–Crippen MR) is 111 cm³/mol. The maximum atomic E-state index is 12.8. The third kappa shape index (κ3) is 5.50. The SMILES string of the molecule is COc1ccc(OCC(C)NC(=O)c2cccc(S(=O)(=O)N3CCOCC3)c2)cc1. The molecule has 0 radical (unpaired) electrons. The van der Waals surface area contributed by atoms with E-state index in [1.165, 1.54) is 16.4 Å². The fourth-order valence-corrected chi connectivity index (χ4v) is 4.43. The van der Waals surface area contributed by atoms with Gasteiger partial charge in [-0.05, 0) is 49.4 Å². The molecule has 0 saturated carbocycles. The molecule has 2 aromatic rings. The molecule has 8 nitrogen and oxygen atoms in total. The number of methoxy groups -OCH3 is 1. The van der Waals surface area contributed by atoms with E-state index < -0.39 is 10.0 Å². The number of nitrogens with one attached hydrogen (secondary N) is 1. The van der Waals surface area contributed by atoms with E-state index >= 15 is 0 Å². The first-order chi connectivity index (χ1) is 14.4. The van der Waals surface area contributed by atoms with Crippen molar-refractivity contribution in [3.05, 3.63) is 54.1 Å². The van der Waals surface area contributed by atoms with Crippen LogP contribution < -0.4 is 14.8 Å². The van der Waals surface area contributed by atoms with Gasteiger partial charge in [-0.15, -0.1) is 0 Å². The molecule has 1 amide bonds. The molecule has 3 rings (SSSR count). The highest BCUT2D eigenvalue weighted by Crippen LogP contribution is 2.19. The number of ether oxygens (including phenoxy) is 3. The minimum Gasteiger partial charge on any atom is -0.497 e.